The minimum Gasteiger partial charge on any atom is -0.493 e. The molecule has 1 aromatic carbocycles. The quantitative estimate of drug-likeness (QED) is 0.756. The molecule has 5 nitrogen and oxygen atoms in total. The Bertz CT molecular complexity index is 855. The lowest BCUT2D eigenvalue weighted by atomic mass is 10.1. The second kappa shape index (κ2) is 6.93. The van der Waals surface area contributed by atoms with Crippen molar-refractivity contribution < 1.29 is 9.47 Å². The maximum atomic E-state index is 5.73. The molecule has 0 aliphatic heterocycles. The van der Waals surface area contributed by atoms with Crippen molar-refractivity contribution in [2.24, 2.45) is 5.73 Å². The Labute approximate surface area is 142 Å². The molecule has 0 unspecified atom stereocenters. The highest BCUT2D eigenvalue weighted by Gasteiger charge is 2.16. The van der Waals surface area contributed by atoms with Gasteiger partial charge < -0.3 is 19.6 Å². The standard InChI is InChI=1S/C19H23N3O2/c1-13-6-5-11-22-15(7-4-10-20)18(21-19(13)22)14-8-9-16(23-2)17(12-14)24-3/h5-6,8-9,11-12H,4,7,10,20H2,1-3H3. The average molecular weight is 325 g/mol. The van der Waals surface area contributed by atoms with E-state index >= 15 is 0 Å². The van der Waals surface area contributed by atoms with Crippen LogP contribution >= 0.6 is 0 Å². The molecule has 0 spiro atoms. The number of nitrogens with two attached hydrogens (primary N) is 1. The summed E-state index contributed by atoms with van der Waals surface area (Å²) in [6, 6.07) is 10.0. The zero-order valence-corrected chi connectivity index (χ0v) is 14.4. The van der Waals surface area contributed by atoms with Crippen molar-refractivity contribution in [3.63, 3.8) is 0 Å². The number of hydrogen-bond acceptors (Lipinski definition) is 4. The van der Waals surface area contributed by atoms with Crippen LogP contribution in [0.5, 0.6) is 11.5 Å². The highest BCUT2D eigenvalue weighted by atomic mass is 16.5. The largest absolute Gasteiger partial charge is 0.493 e. The van der Waals surface area contributed by atoms with Gasteiger partial charge in [0.2, 0.25) is 0 Å². The third kappa shape index (κ3) is 2.83. The maximum absolute atomic E-state index is 5.73. The zero-order chi connectivity index (χ0) is 17.1. The van der Waals surface area contributed by atoms with Gasteiger partial charge in [-0.05, 0) is 56.1 Å². The fourth-order valence-electron chi connectivity index (χ4n) is 2.98. The second-order valence-corrected chi connectivity index (χ2v) is 5.75. The van der Waals surface area contributed by atoms with Gasteiger partial charge in [0, 0.05) is 11.8 Å². The fourth-order valence-corrected chi connectivity index (χ4v) is 2.98. The minimum absolute atomic E-state index is 0.657. The zero-order valence-electron chi connectivity index (χ0n) is 14.4. The van der Waals surface area contributed by atoms with Crippen molar-refractivity contribution >= 4 is 5.65 Å². The van der Waals surface area contributed by atoms with Crippen molar-refractivity contribution in [2.75, 3.05) is 20.8 Å². The Morgan fingerprint density at radius 3 is 2.62 bits per heavy atom. The molecule has 3 aromatic rings. The number of hydrogen-bond donors (Lipinski definition) is 1. The summed E-state index contributed by atoms with van der Waals surface area (Å²) in [6.45, 7) is 2.73. The topological polar surface area (TPSA) is 61.8 Å². The lowest BCUT2D eigenvalue weighted by Crippen LogP contribution is -2.03. The molecule has 0 aliphatic rings. The summed E-state index contributed by atoms with van der Waals surface area (Å²) in [6.07, 6.45) is 3.86. The third-order valence-electron chi connectivity index (χ3n) is 4.22. The van der Waals surface area contributed by atoms with E-state index in [2.05, 4.69) is 23.6 Å². The average Bonchev–Trinajstić information content (AvgIpc) is 2.99. The Hall–Kier alpha value is -2.53. The number of benzene rings is 1. The van der Waals surface area contributed by atoms with E-state index in [-0.39, 0.29) is 0 Å². The molecule has 0 bridgehead atoms. The second-order valence-electron chi connectivity index (χ2n) is 5.75. The molecule has 0 radical (unpaired) electrons. The molecule has 0 fully saturated rings. The molecule has 0 aliphatic carbocycles. The highest BCUT2D eigenvalue weighted by molar-refractivity contribution is 5.70. The first kappa shape index (κ1) is 16.3. The van der Waals surface area contributed by atoms with Crippen molar-refractivity contribution in [1.82, 2.24) is 9.38 Å². The monoisotopic (exact) mass is 325 g/mol. The summed E-state index contributed by atoms with van der Waals surface area (Å²) in [4.78, 5) is 4.89. The van der Waals surface area contributed by atoms with E-state index in [1.54, 1.807) is 14.2 Å². The summed E-state index contributed by atoms with van der Waals surface area (Å²) in [7, 11) is 3.28. The predicted molar refractivity (Wildman–Crippen MR) is 95.8 cm³/mol. The molecule has 24 heavy (non-hydrogen) atoms. The molecule has 126 valence electrons. The van der Waals surface area contributed by atoms with Crippen LogP contribution in [0.3, 0.4) is 0 Å². The molecule has 0 atom stereocenters. The number of pyridine rings is 1. The van der Waals surface area contributed by atoms with Gasteiger partial charge in [0.05, 0.1) is 25.6 Å². The summed E-state index contributed by atoms with van der Waals surface area (Å²) in [5.74, 6) is 1.42. The predicted octanol–water partition coefficient (Wildman–Crippen LogP) is 3.22. The van der Waals surface area contributed by atoms with E-state index in [0.29, 0.717) is 18.0 Å². The number of rotatable bonds is 6. The first-order valence-electron chi connectivity index (χ1n) is 8.08. The molecule has 0 saturated heterocycles. The van der Waals surface area contributed by atoms with Crippen molar-refractivity contribution in [3.8, 4) is 22.8 Å². The van der Waals surface area contributed by atoms with Crippen molar-refractivity contribution in [1.29, 1.82) is 0 Å². The number of aryl methyl sites for hydroxylation is 2. The van der Waals surface area contributed by atoms with Crippen LogP contribution in [0, 0.1) is 6.92 Å². The van der Waals surface area contributed by atoms with Gasteiger partial charge in [0.1, 0.15) is 5.65 Å². The number of imidazole rings is 1. The molecule has 3 rings (SSSR count). The first-order chi connectivity index (χ1) is 11.7. The van der Waals surface area contributed by atoms with Crippen LogP contribution < -0.4 is 15.2 Å². The van der Waals surface area contributed by atoms with Crippen LogP contribution in [0.2, 0.25) is 0 Å². The summed E-state index contributed by atoms with van der Waals surface area (Å²) >= 11 is 0. The number of aromatic nitrogens is 2. The van der Waals surface area contributed by atoms with Crippen LogP contribution in [0.1, 0.15) is 17.7 Å². The molecule has 0 amide bonds. The molecule has 0 saturated carbocycles. The third-order valence-corrected chi connectivity index (χ3v) is 4.22. The number of ether oxygens (including phenoxy) is 2. The summed E-state index contributed by atoms with van der Waals surface area (Å²) in [5.41, 5.74) is 11.0. The maximum Gasteiger partial charge on any atom is 0.161 e. The Morgan fingerprint density at radius 1 is 1.12 bits per heavy atom. The molecular weight excluding hydrogens is 302 g/mol. The number of fused-ring (bicyclic) bond motifs is 1. The van der Waals surface area contributed by atoms with E-state index in [1.807, 2.05) is 24.3 Å². The lowest BCUT2D eigenvalue weighted by molar-refractivity contribution is 0.355. The van der Waals surface area contributed by atoms with E-state index in [9.17, 15) is 0 Å². The number of nitrogens with zero attached hydrogens (tertiary/aromatic N) is 2. The van der Waals surface area contributed by atoms with Gasteiger partial charge in [0.25, 0.3) is 0 Å². The van der Waals surface area contributed by atoms with Gasteiger partial charge >= 0.3 is 0 Å². The van der Waals surface area contributed by atoms with Gasteiger partial charge in [-0.1, -0.05) is 6.07 Å². The molecule has 2 aromatic heterocycles. The van der Waals surface area contributed by atoms with E-state index in [4.69, 9.17) is 20.2 Å². The molecule has 5 heteroatoms. The Kier molecular flexibility index (Phi) is 4.71. The molecule has 2 heterocycles. The van der Waals surface area contributed by atoms with Gasteiger partial charge in [-0.3, -0.25) is 0 Å². The van der Waals surface area contributed by atoms with Gasteiger partial charge in [0.15, 0.2) is 11.5 Å². The Balaban J connectivity index is 2.19. The van der Waals surface area contributed by atoms with Crippen LogP contribution in [0.15, 0.2) is 36.5 Å². The van der Waals surface area contributed by atoms with E-state index < -0.39 is 0 Å². The Morgan fingerprint density at radius 2 is 1.92 bits per heavy atom. The fraction of sp³-hybridized carbons (Fsp3) is 0.316. The van der Waals surface area contributed by atoms with Crippen LogP contribution in [0.4, 0.5) is 0 Å². The van der Waals surface area contributed by atoms with Crippen molar-refractivity contribution in [3.05, 3.63) is 47.8 Å². The summed E-state index contributed by atoms with van der Waals surface area (Å²) in [5, 5.41) is 0. The SMILES string of the molecule is COc1ccc(-c2nc3c(C)cccn3c2CCCN)cc1OC. The minimum atomic E-state index is 0.657. The highest BCUT2D eigenvalue weighted by Crippen LogP contribution is 2.34. The van der Waals surface area contributed by atoms with Crippen LogP contribution in [0.25, 0.3) is 16.9 Å². The van der Waals surface area contributed by atoms with E-state index in [0.717, 1.165) is 35.3 Å². The molecule has 2 N–H and O–H groups in total. The summed E-state index contributed by atoms with van der Waals surface area (Å²) < 4.78 is 12.9. The molecular formula is C19H23N3O2. The van der Waals surface area contributed by atoms with Crippen molar-refractivity contribution in [2.45, 2.75) is 19.8 Å². The number of methoxy groups -OCH3 is 2. The van der Waals surface area contributed by atoms with Crippen LogP contribution in [-0.4, -0.2) is 30.1 Å². The van der Waals surface area contributed by atoms with Gasteiger partial charge in [-0.25, -0.2) is 4.98 Å². The van der Waals surface area contributed by atoms with Crippen LogP contribution in [-0.2, 0) is 6.42 Å². The van der Waals surface area contributed by atoms with Gasteiger partial charge in [-0.15, -0.1) is 0 Å². The van der Waals surface area contributed by atoms with E-state index in [1.165, 1.54) is 5.69 Å². The first-order valence-corrected chi connectivity index (χ1v) is 8.08. The van der Waals surface area contributed by atoms with Gasteiger partial charge in [-0.2, -0.15) is 0 Å². The lowest BCUT2D eigenvalue weighted by Gasteiger charge is -2.10. The normalized spacial score (nSPS) is 11.0. The smallest absolute Gasteiger partial charge is 0.161 e.